The highest BCUT2D eigenvalue weighted by atomic mass is 16.5. The lowest BCUT2D eigenvalue weighted by atomic mass is 10.2. The zero-order valence-corrected chi connectivity index (χ0v) is 15.6. The van der Waals surface area contributed by atoms with Gasteiger partial charge in [-0.3, -0.25) is 4.79 Å². The number of carbonyl (C=O) groups is 1. The minimum absolute atomic E-state index is 0.275. The van der Waals surface area contributed by atoms with Crippen LogP contribution in [0, 0.1) is 6.92 Å². The number of rotatable bonds is 7. The molecule has 3 aromatic rings. The number of ether oxygens (including phenoxy) is 2. The fourth-order valence-corrected chi connectivity index (χ4v) is 2.63. The molecule has 0 radical (unpaired) electrons. The van der Waals surface area contributed by atoms with Crippen LogP contribution in [0.25, 0.3) is 5.69 Å². The van der Waals surface area contributed by atoms with E-state index < -0.39 is 0 Å². The first-order valence-electron chi connectivity index (χ1n) is 8.69. The van der Waals surface area contributed by atoms with Crippen LogP contribution in [0.15, 0.2) is 48.5 Å². The fourth-order valence-electron chi connectivity index (χ4n) is 2.63. The Morgan fingerprint density at radius 2 is 1.89 bits per heavy atom. The van der Waals surface area contributed by atoms with Crippen LogP contribution in [0.4, 0.5) is 0 Å². The van der Waals surface area contributed by atoms with Crippen molar-refractivity contribution in [1.82, 2.24) is 20.3 Å². The van der Waals surface area contributed by atoms with Gasteiger partial charge >= 0.3 is 0 Å². The highest BCUT2D eigenvalue weighted by Crippen LogP contribution is 2.28. The largest absolute Gasteiger partial charge is 0.493 e. The lowest BCUT2D eigenvalue weighted by Crippen LogP contribution is -2.24. The number of amides is 1. The molecule has 1 aromatic heterocycles. The molecule has 140 valence electrons. The van der Waals surface area contributed by atoms with Gasteiger partial charge in [-0.2, -0.15) is 9.90 Å². The summed E-state index contributed by atoms with van der Waals surface area (Å²) in [6, 6.07) is 15.0. The van der Waals surface area contributed by atoms with E-state index in [2.05, 4.69) is 15.5 Å². The third kappa shape index (κ3) is 4.25. The Morgan fingerprint density at radius 3 is 2.59 bits per heavy atom. The molecule has 27 heavy (non-hydrogen) atoms. The number of hydrogen-bond acceptors (Lipinski definition) is 5. The Labute approximate surface area is 157 Å². The Bertz CT molecular complexity index is 922. The Hall–Kier alpha value is -3.35. The topological polar surface area (TPSA) is 78.3 Å². The molecule has 0 aliphatic heterocycles. The van der Waals surface area contributed by atoms with Crippen molar-refractivity contribution in [3.63, 3.8) is 0 Å². The molecule has 2 aromatic carbocycles. The number of carbonyl (C=O) groups excluding carboxylic acids is 1. The molecule has 1 heterocycles. The van der Waals surface area contributed by atoms with Crippen molar-refractivity contribution >= 4 is 5.91 Å². The molecule has 7 heteroatoms. The van der Waals surface area contributed by atoms with Gasteiger partial charge in [-0.1, -0.05) is 24.3 Å². The number of nitrogens with one attached hydrogen (secondary N) is 1. The Balaban J connectivity index is 1.70. The standard InChI is InChI=1S/C20H22N4O3/c1-4-27-17-11-10-15(12-18(17)26-3)13-21-20(25)19-14(2)22-24(23-19)16-8-6-5-7-9-16/h5-12H,4,13H2,1-3H3,(H,21,25). The second-order valence-electron chi connectivity index (χ2n) is 5.86. The van der Waals surface area contributed by atoms with Crippen LogP contribution >= 0.6 is 0 Å². The number of para-hydroxylation sites is 1. The summed E-state index contributed by atoms with van der Waals surface area (Å²) in [6.45, 7) is 4.59. The SMILES string of the molecule is CCOc1ccc(CNC(=O)c2nn(-c3ccccc3)nc2C)cc1OC. The van der Waals surface area contributed by atoms with E-state index in [1.807, 2.05) is 55.5 Å². The Morgan fingerprint density at radius 1 is 1.11 bits per heavy atom. The number of methoxy groups -OCH3 is 1. The smallest absolute Gasteiger partial charge is 0.274 e. The maximum Gasteiger partial charge on any atom is 0.274 e. The van der Waals surface area contributed by atoms with Gasteiger partial charge in [0.25, 0.3) is 5.91 Å². The first-order chi connectivity index (χ1) is 13.1. The summed E-state index contributed by atoms with van der Waals surface area (Å²) < 4.78 is 10.8. The van der Waals surface area contributed by atoms with Crippen molar-refractivity contribution in [3.8, 4) is 17.2 Å². The second kappa shape index (κ2) is 8.35. The third-order valence-corrected chi connectivity index (χ3v) is 3.97. The number of benzene rings is 2. The van der Waals surface area contributed by atoms with E-state index in [4.69, 9.17) is 9.47 Å². The lowest BCUT2D eigenvalue weighted by Gasteiger charge is -2.11. The molecule has 0 unspecified atom stereocenters. The molecule has 1 amide bonds. The van der Waals surface area contributed by atoms with Crippen LogP contribution in [-0.4, -0.2) is 34.6 Å². The minimum atomic E-state index is -0.275. The van der Waals surface area contributed by atoms with E-state index in [9.17, 15) is 4.79 Å². The summed E-state index contributed by atoms with van der Waals surface area (Å²) in [4.78, 5) is 14.0. The highest BCUT2D eigenvalue weighted by Gasteiger charge is 2.16. The van der Waals surface area contributed by atoms with E-state index in [0.717, 1.165) is 11.3 Å². The maximum absolute atomic E-state index is 12.5. The summed E-state index contributed by atoms with van der Waals surface area (Å²) in [5.74, 6) is 1.04. The summed E-state index contributed by atoms with van der Waals surface area (Å²) in [5, 5.41) is 11.5. The van der Waals surface area contributed by atoms with Crippen molar-refractivity contribution < 1.29 is 14.3 Å². The predicted octanol–water partition coefficient (Wildman–Crippen LogP) is 2.91. The van der Waals surface area contributed by atoms with Gasteiger partial charge in [-0.25, -0.2) is 0 Å². The van der Waals surface area contributed by atoms with Gasteiger partial charge in [0.15, 0.2) is 17.2 Å². The normalized spacial score (nSPS) is 10.5. The van der Waals surface area contributed by atoms with E-state index in [1.54, 1.807) is 14.0 Å². The molecule has 0 bridgehead atoms. The van der Waals surface area contributed by atoms with Crippen molar-refractivity contribution in [2.75, 3.05) is 13.7 Å². The van der Waals surface area contributed by atoms with Crippen LogP contribution < -0.4 is 14.8 Å². The number of hydrogen-bond donors (Lipinski definition) is 1. The number of aryl methyl sites for hydroxylation is 1. The summed E-state index contributed by atoms with van der Waals surface area (Å²) >= 11 is 0. The molecule has 0 fully saturated rings. The molecule has 0 saturated carbocycles. The van der Waals surface area contributed by atoms with Crippen LogP contribution in [-0.2, 0) is 6.54 Å². The molecular formula is C20H22N4O3. The third-order valence-electron chi connectivity index (χ3n) is 3.97. The molecule has 0 atom stereocenters. The van der Waals surface area contributed by atoms with Crippen LogP contribution in [0.2, 0.25) is 0 Å². The lowest BCUT2D eigenvalue weighted by molar-refractivity contribution is 0.0945. The molecule has 0 spiro atoms. The van der Waals surface area contributed by atoms with Gasteiger partial charge in [-0.05, 0) is 43.7 Å². The molecular weight excluding hydrogens is 344 g/mol. The summed E-state index contributed by atoms with van der Waals surface area (Å²) in [5.41, 5.74) is 2.57. The van der Waals surface area contributed by atoms with E-state index in [-0.39, 0.29) is 5.91 Å². The number of nitrogens with zero attached hydrogens (tertiary/aromatic N) is 3. The van der Waals surface area contributed by atoms with Gasteiger partial charge in [-0.15, -0.1) is 5.10 Å². The monoisotopic (exact) mass is 366 g/mol. The molecule has 0 aliphatic carbocycles. The van der Waals surface area contributed by atoms with E-state index in [0.29, 0.717) is 36.0 Å². The highest BCUT2D eigenvalue weighted by molar-refractivity contribution is 5.93. The molecule has 3 rings (SSSR count). The maximum atomic E-state index is 12.5. The predicted molar refractivity (Wildman–Crippen MR) is 101 cm³/mol. The van der Waals surface area contributed by atoms with Crippen LogP contribution in [0.1, 0.15) is 28.7 Å². The van der Waals surface area contributed by atoms with Gasteiger partial charge in [0.05, 0.1) is 25.1 Å². The Kier molecular flexibility index (Phi) is 5.71. The van der Waals surface area contributed by atoms with Crippen LogP contribution in [0.3, 0.4) is 0 Å². The fraction of sp³-hybridized carbons (Fsp3) is 0.250. The average Bonchev–Trinajstić information content (AvgIpc) is 3.09. The van der Waals surface area contributed by atoms with Gasteiger partial charge < -0.3 is 14.8 Å². The first kappa shape index (κ1) is 18.4. The first-order valence-corrected chi connectivity index (χ1v) is 8.69. The van der Waals surface area contributed by atoms with Gasteiger partial charge in [0.1, 0.15) is 0 Å². The second-order valence-corrected chi connectivity index (χ2v) is 5.86. The van der Waals surface area contributed by atoms with E-state index in [1.165, 1.54) is 4.80 Å². The van der Waals surface area contributed by atoms with Crippen molar-refractivity contribution in [3.05, 3.63) is 65.5 Å². The molecule has 7 nitrogen and oxygen atoms in total. The zero-order chi connectivity index (χ0) is 19.2. The zero-order valence-electron chi connectivity index (χ0n) is 15.6. The molecule has 0 aliphatic rings. The van der Waals surface area contributed by atoms with Gasteiger partial charge in [0.2, 0.25) is 0 Å². The van der Waals surface area contributed by atoms with Crippen LogP contribution in [0.5, 0.6) is 11.5 Å². The summed E-state index contributed by atoms with van der Waals surface area (Å²) in [7, 11) is 1.59. The quantitative estimate of drug-likeness (QED) is 0.696. The van der Waals surface area contributed by atoms with Crippen molar-refractivity contribution in [2.45, 2.75) is 20.4 Å². The number of aromatic nitrogens is 3. The van der Waals surface area contributed by atoms with E-state index >= 15 is 0 Å². The minimum Gasteiger partial charge on any atom is -0.493 e. The molecule has 0 saturated heterocycles. The van der Waals surface area contributed by atoms with Crippen molar-refractivity contribution in [1.29, 1.82) is 0 Å². The average molecular weight is 366 g/mol. The summed E-state index contributed by atoms with van der Waals surface area (Å²) in [6.07, 6.45) is 0. The van der Waals surface area contributed by atoms with Crippen molar-refractivity contribution in [2.24, 2.45) is 0 Å². The molecule has 1 N–H and O–H groups in total. The van der Waals surface area contributed by atoms with Gasteiger partial charge in [0, 0.05) is 6.54 Å².